The molecular formula is C7H10N2OS. The minimum atomic E-state index is 0.329. The molecule has 1 rings (SSSR count). The Bertz CT molecular complexity index is 267. The molecule has 1 aromatic rings. The lowest BCUT2D eigenvalue weighted by Gasteiger charge is -1.89. The number of nitrogen functional groups attached to an aromatic ring is 1. The fourth-order valence-corrected chi connectivity index (χ4v) is 1.16. The van der Waals surface area contributed by atoms with Crippen LogP contribution in [-0.2, 0) is 0 Å². The van der Waals surface area contributed by atoms with Gasteiger partial charge in [-0.1, -0.05) is 6.92 Å². The molecule has 1 heterocycles. The molecule has 0 aliphatic carbocycles. The average Bonchev–Trinajstić information content (AvgIpc) is 2.35. The van der Waals surface area contributed by atoms with E-state index in [0.29, 0.717) is 17.3 Å². The first-order valence-electron chi connectivity index (χ1n) is 3.33. The maximum absolute atomic E-state index is 9.11. The third-order valence-electron chi connectivity index (χ3n) is 1.22. The van der Waals surface area contributed by atoms with Crippen molar-refractivity contribution in [3.05, 3.63) is 16.8 Å². The molecule has 0 aliphatic heterocycles. The van der Waals surface area contributed by atoms with Gasteiger partial charge in [-0.05, 0) is 0 Å². The number of aromatic nitrogens is 1. The smallest absolute Gasteiger partial charge is 0.180 e. The average molecular weight is 170 g/mol. The zero-order chi connectivity index (χ0) is 8.27. The Hall–Kier alpha value is -1.03. The van der Waals surface area contributed by atoms with Crippen molar-refractivity contribution in [2.75, 3.05) is 5.73 Å². The van der Waals surface area contributed by atoms with Gasteiger partial charge < -0.3 is 10.8 Å². The molecule has 11 heavy (non-hydrogen) atoms. The van der Waals surface area contributed by atoms with Crippen molar-refractivity contribution in [1.29, 1.82) is 0 Å². The topological polar surface area (TPSA) is 59.1 Å². The molecule has 0 aliphatic rings. The van der Waals surface area contributed by atoms with Crippen LogP contribution in [0.2, 0.25) is 0 Å². The van der Waals surface area contributed by atoms with Gasteiger partial charge in [0.05, 0.1) is 11.5 Å². The second-order valence-electron chi connectivity index (χ2n) is 2.10. The number of anilines is 1. The number of aliphatic hydroxyl groups excluding tert-OH is 1. The van der Waals surface area contributed by atoms with Crippen LogP contribution in [0.25, 0.3) is 6.08 Å². The summed E-state index contributed by atoms with van der Waals surface area (Å²) in [4.78, 5) is 3.96. The van der Waals surface area contributed by atoms with E-state index in [9.17, 15) is 0 Å². The first-order valence-corrected chi connectivity index (χ1v) is 4.21. The van der Waals surface area contributed by atoms with Gasteiger partial charge in [0, 0.05) is 17.9 Å². The highest BCUT2D eigenvalue weighted by atomic mass is 32.1. The van der Waals surface area contributed by atoms with E-state index in [2.05, 4.69) is 4.98 Å². The fraction of sp³-hybridized carbons (Fsp3) is 0.286. The molecule has 0 saturated heterocycles. The Morgan fingerprint density at radius 1 is 1.91 bits per heavy atom. The third-order valence-corrected chi connectivity index (χ3v) is 1.91. The number of aliphatic hydroxyl groups is 1. The van der Waals surface area contributed by atoms with Crippen molar-refractivity contribution in [1.82, 2.24) is 4.98 Å². The molecule has 0 saturated carbocycles. The van der Waals surface area contributed by atoms with E-state index in [1.165, 1.54) is 11.3 Å². The van der Waals surface area contributed by atoms with Crippen molar-refractivity contribution < 1.29 is 5.11 Å². The van der Waals surface area contributed by atoms with Crippen LogP contribution < -0.4 is 5.73 Å². The summed E-state index contributed by atoms with van der Waals surface area (Å²) in [5.74, 6) is 0.329. The number of rotatable bonds is 2. The van der Waals surface area contributed by atoms with Crippen molar-refractivity contribution in [2.24, 2.45) is 0 Å². The number of allylic oxidation sites excluding steroid dienone is 1. The summed E-state index contributed by atoms with van der Waals surface area (Å²) in [6.07, 6.45) is 2.24. The van der Waals surface area contributed by atoms with Crippen molar-refractivity contribution >= 4 is 22.5 Å². The summed E-state index contributed by atoms with van der Waals surface area (Å²) in [6.45, 7) is 1.88. The summed E-state index contributed by atoms with van der Waals surface area (Å²) in [7, 11) is 0. The van der Waals surface area contributed by atoms with Gasteiger partial charge in [0.1, 0.15) is 0 Å². The predicted molar refractivity (Wildman–Crippen MR) is 47.4 cm³/mol. The zero-order valence-corrected chi connectivity index (χ0v) is 7.06. The van der Waals surface area contributed by atoms with Crippen LogP contribution >= 0.6 is 11.3 Å². The molecule has 0 unspecified atom stereocenters. The largest absolute Gasteiger partial charge is 0.512 e. The molecule has 0 aromatic carbocycles. The molecule has 0 amide bonds. The molecule has 3 nitrogen and oxygen atoms in total. The maximum Gasteiger partial charge on any atom is 0.180 e. The molecule has 0 radical (unpaired) electrons. The highest BCUT2D eigenvalue weighted by Gasteiger charge is 1.95. The van der Waals surface area contributed by atoms with Crippen LogP contribution in [0.15, 0.2) is 11.1 Å². The lowest BCUT2D eigenvalue weighted by molar-refractivity contribution is 0.400. The van der Waals surface area contributed by atoms with Gasteiger partial charge in [-0.3, -0.25) is 0 Å². The quantitative estimate of drug-likeness (QED) is 0.668. The standard InChI is InChI=1S/C7H10N2OS/c1-2-6(10)3-5-4-11-7(8)9-5/h3-4,10H,2H2,1H3,(H2,8,9)/b6-3+. The second-order valence-corrected chi connectivity index (χ2v) is 2.99. The minimum absolute atomic E-state index is 0.329. The number of hydrogen-bond donors (Lipinski definition) is 2. The molecule has 60 valence electrons. The minimum Gasteiger partial charge on any atom is -0.512 e. The summed E-state index contributed by atoms with van der Waals surface area (Å²) < 4.78 is 0. The highest BCUT2D eigenvalue weighted by Crippen LogP contribution is 2.13. The van der Waals surface area contributed by atoms with E-state index in [0.717, 1.165) is 5.69 Å². The lowest BCUT2D eigenvalue weighted by Crippen LogP contribution is -1.82. The number of nitrogens with two attached hydrogens (primary N) is 1. The predicted octanol–water partition coefficient (Wildman–Crippen LogP) is 2.03. The van der Waals surface area contributed by atoms with Gasteiger partial charge in [0.25, 0.3) is 0 Å². The van der Waals surface area contributed by atoms with Gasteiger partial charge in [0.2, 0.25) is 0 Å². The van der Waals surface area contributed by atoms with Gasteiger partial charge >= 0.3 is 0 Å². The van der Waals surface area contributed by atoms with Crippen LogP contribution in [0.3, 0.4) is 0 Å². The van der Waals surface area contributed by atoms with Crippen molar-refractivity contribution in [3.63, 3.8) is 0 Å². The normalized spacial score (nSPS) is 11.9. The first kappa shape index (κ1) is 8.07. The summed E-state index contributed by atoms with van der Waals surface area (Å²) >= 11 is 1.37. The van der Waals surface area contributed by atoms with Crippen LogP contribution in [0.1, 0.15) is 19.0 Å². The molecular weight excluding hydrogens is 160 g/mol. The molecule has 4 heteroatoms. The summed E-state index contributed by atoms with van der Waals surface area (Å²) in [5, 5.41) is 11.4. The third kappa shape index (κ3) is 2.23. The van der Waals surface area contributed by atoms with Crippen LogP contribution in [-0.4, -0.2) is 10.1 Å². The number of hydrogen-bond acceptors (Lipinski definition) is 4. The Morgan fingerprint density at radius 2 is 2.64 bits per heavy atom. The Kier molecular flexibility index (Phi) is 2.48. The van der Waals surface area contributed by atoms with E-state index in [1.54, 1.807) is 11.5 Å². The van der Waals surface area contributed by atoms with E-state index in [4.69, 9.17) is 10.8 Å². The molecule has 0 fully saturated rings. The van der Waals surface area contributed by atoms with Crippen LogP contribution in [0.5, 0.6) is 0 Å². The molecule has 1 aromatic heterocycles. The second kappa shape index (κ2) is 3.39. The number of nitrogens with zero attached hydrogens (tertiary/aromatic N) is 1. The number of thiazole rings is 1. The zero-order valence-electron chi connectivity index (χ0n) is 6.24. The first-order chi connectivity index (χ1) is 5.22. The Labute approximate surface area is 69.2 Å². The highest BCUT2D eigenvalue weighted by molar-refractivity contribution is 7.13. The van der Waals surface area contributed by atoms with E-state index in [1.807, 2.05) is 6.92 Å². The Morgan fingerprint density at radius 3 is 3.09 bits per heavy atom. The van der Waals surface area contributed by atoms with Crippen LogP contribution in [0.4, 0.5) is 5.13 Å². The van der Waals surface area contributed by atoms with Gasteiger partial charge in [-0.2, -0.15) is 0 Å². The summed E-state index contributed by atoms with van der Waals surface area (Å²) in [6, 6.07) is 0. The van der Waals surface area contributed by atoms with Crippen molar-refractivity contribution in [3.8, 4) is 0 Å². The van der Waals surface area contributed by atoms with E-state index < -0.39 is 0 Å². The molecule has 0 spiro atoms. The molecule has 0 atom stereocenters. The van der Waals surface area contributed by atoms with Gasteiger partial charge in [-0.15, -0.1) is 11.3 Å². The van der Waals surface area contributed by atoms with E-state index >= 15 is 0 Å². The van der Waals surface area contributed by atoms with Gasteiger partial charge in [-0.25, -0.2) is 4.98 Å². The molecule has 0 bridgehead atoms. The maximum atomic E-state index is 9.11. The molecule has 3 N–H and O–H groups in total. The monoisotopic (exact) mass is 170 g/mol. The lowest BCUT2D eigenvalue weighted by atomic mass is 10.3. The van der Waals surface area contributed by atoms with E-state index in [-0.39, 0.29) is 0 Å². The van der Waals surface area contributed by atoms with Crippen LogP contribution in [0, 0.1) is 0 Å². The Balaban J connectivity index is 2.78. The SMILES string of the molecule is CC/C(O)=C\c1csc(N)n1. The summed E-state index contributed by atoms with van der Waals surface area (Å²) in [5.41, 5.74) is 6.12. The van der Waals surface area contributed by atoms with Gasteiger partial charge in [0.15, 0.2) is 5.13 Å². The fourth-order valence-electron chi connectivity index (χ4n) is 0.640. The van der Waals surface area contributed by atoms with Crippen molar-refractivity contribution in [2.45, 2.75) is 13.3 Å².